The van der Waals surface area contributed by atoms with E-state index in [-0.39, 0.29) is 11.1 Å². The Bertz CT molecular complexity index is 673. The molecule has 0 aliphatic rings. The van der Waals surface area contributed by atoms with Crippen LogP contribution in [0.2, 0.25) is 0 Å². The highest BCUT2D eigenvalue weighted by Crippen LogP contribution is 2.29. The predicted octanol–water partition coefficient (Wildman–Crippen LogP) is 2.47. The third-order valence-corrected chi connectivity index (χ3v) is 6.06. The molecule has 1 atom stereocenters. The zero-order valence-corrected chi connectivity index (χ0v) is 13.0. The number of aromatic nitrogens is 2. The number of sulfonamides is 1. The molecular weight excluding hydrogens is 282 g/mol. The molecular formula is C12H17N3O2S2. The Labute approximate surface area is 117 Å². The van der Waals surface area contributed by atoms with Gasteiger partial charge in [0.05, 0.1) is 12.2 Å². The molecule has 0 aromatic carbocycles. The molecule has 2 aromatic heterocycles. The second-order valence-corrected chi connectivity index (χ2v) is 7.76. The topological polar surface area (TPSA) is 66.1 Å². The summed E-state index contributed by atoms with van der Waals surface area (Å²) in [6.07, 6.45) is 1.35. The van der Waals surface area contributed by atoms with Crippen LogP contribution in [-0.2, 0) is 10.0 Å². The molecule has 0 fully saturated rings. The van der Waals surface area contributed by atoms with Crippen molar-refractivity contribution >= 4 is 21.4 Å². The van der Waals surface area contributed by atoms with E-state index in [1.54, 1.807) is 25.3 Å². The van der Waals surface area contributed by atoms with Crippen LogP contribution < -0.4 is 0 Å². The minimum Gasteiger partial charge on any atom is -0.332 e. The molecule has 2 rings (SSSR count). The van der Waals surface area contributed by atoms with Crippen molar-refractivity contribution in [3.8, 4) is 0 Å². The number of imidazole rings is 1. The number of nitrogens with zero attached hydrogens (tertiary/aromatic N) is 2. The Balaban J connectivity index is 2.30. The highest BCUT2D eigenvalue weighted by Gasteiger charge is 2.28. The van der Waals surface area contributed by atoms with Crippen molar-refractivity contribution < 1.29 is 8.42 Å². The molecule has 0 saturated heterocycles. The number of aryl methyl sites for hydroxylation is 2. The number of nitrogens with one attached hydrogen (secondary N) is 1. The summed E-state index contributed by atoms with van der Waals surface area (Å²) in [5.41, 5.74) is 0. The van der Waals surface area contributed by atoms with Crippen LogP contribution in [0.5, 0.6) is 0 Å². The quantitative estimate of drug-likeness (QED) is 0.943. The summed E-state index contributed by atoms with van der Waals surface area (Å²) in [5, 5.41) is 0.132. The van der Waals surface area contributed by atoms with Crippen LogP contribution in [0.3, 0.4) is 0 Å². The standard InChI is InChI=1S/C12H17N3O2S2/c1-8-5-6-11(18-8)9(2)15(4)19(16,17)12-7-13-10(3)14-12/h5-7,9H,1-4H3,(H,13,14). The number of rotatable bonds is 4. The van der Waals surface area contributed by atoms with Gasteiger partial charge >= 0.3 is 0 Å². The van der Waals surface area contributed by atoms with Gasteiger partial charge in [-0.1, -0.05) is 0 Å². The van der Waals surface area contributed by atoms with Gasteiger partial charge in [-0.2, -0.15) is 4.31 Å². The third kappa shape index (κ3) is 2.72. The van der Waals surface area contributed by atoms with Crippen LogP contribution in [-0.4, -0.2) is 29.7 Å². The third-order valence-electron chi connectivity index (χ3n) is 3.05. The molecule has 1 unspecified atom stereocenters. The molecule has 0 aliphatic heterocycles. The molecule has 0 radical (unpaired) electrons. The normalized spacial score (nSPS) is 13.9. The van der Waals surface area contributed by atoms with Crippen molar-refractivity contribution in [3.63, 3.8) is 0 Å². The van der Waals surface area contributed by atoms with Gasteiger partial charge in [0.15, 0.2) is 5.03 Å². The summed E-state index contributed by atoms with van der Waals surface area (Å²) in [6, 6.07) is 3.76. The first kappa shape index (κ1) is 14.2. The van der Waals surface area contributed by atoms with Crippen molar-refractivity contribution in [1.82, 2.24) is 14.3 Å². The minimum absolute atomic E-state index is 0.132. The summed E-state index contributed by atoms with van der Waals surface area (Å²) in [7, 11) is -1.95. The summed E-state index contributed by atoms with van der Waals surface area (Å²) < 4.78 is 26.2. The van der Waals surface area contributed by atoms with Crippen LogP contribution in [0.25, 0.3) is 0 Å². The van der Waals surface area contributed by atoms with Gasteiger partial charge < -0.3 is 4.98 Å². The first-order chi connectivity index (χ1) is 8.82. The molecule has 104 valence electrons. The summed E-state index contributed by atoms with van der Waals surface area (Å²) >= 11 is 1.61. The second-order valence-electron chi connectivity index (χ2n) is 4.48. The average Bonchev–Trinajstić information content (AvgIpc) is 2.96. The molecule has 0 spiro atoms. The SMILES string of the molecule is Cc1ncc(S(=O)(=O)N(C)C(C)c2ccc(C)s2)[nH]1. The number of hydrogen-bond donors (Lipinski definition) is 1. The predicted molar refractivity (Wildman–Crippen MR) is 75.7 cm³/mol. The van der Waals surface area contributed by atoms with Crippen LogP contribution in [0, 0.1) is 13.8 Å². The first-order valence-corrected chi connectivity index (χ1v) is 8.14. The molecule has 2 aromatic rings. The number of aromatic amines is 1. The average molecular weight is 299 g/mol. The lowest BCUT2D eigenvalue weighted by atomic mass is 10.3. The van der Waals surface area contributed by atoms with E-state index in [1.165, 1.54) is 15.4 Å². The van der Waals surface area contributed by atoms with Gasteiger partial charge in [-0.05, 0) is 32.9 Å². The lowest BCUT2D eigenvalue weighted by Gasteiger charge is -2.22. The number of hydrogen-bond acceptors (Lipinski definition) is 4. The van der Waals surface area contributed by atoms with E-state index in [2.05, 4.69) is 9.97 Å². The van der Waals surface area contributed by atoms with Crippen molar-refractivity contribution in [3.05, 3.63) is 33.9 Å². The lowest BCUT2D eigenvalue weighted by molar-refractivity contribution is 0.401. The fourth-order valence-corrected chi connectivity index (χ4v) is 4.09. The monoisotopic (exact) mass is 299 g/mol. The molecule has 0 saturated carbocycles. The zero-order valence-electron chi connectivity index (χ0n) is 11.3. The van der Waals surface area contributed by atoms with Crippen LogP contribution in [0.4, 0.5) is 0 Å². The van der Waals surface area contributed by atoms with Gasteiger partial charge in [-0.3, -0.25) is 0 Å². The molecule has 7 heteroatoms. The Kier molecular flexibility index (Phi) is 3.80. The smallest absolute Gasteiger partial charge is 0.260 e. The van der Waals surface area contributed by atoms with Crippen molar-refractivity contribution in [2.24, 2.45) is 0 Å². The summed E-state index contributed by atoms with van der Waals surface area (Å²) in [6.45, 7) is 5.62. The fourth-order valence-electron chi connectivity index (χ4n) is 1.75. The Morgan fingerprint density at radius 3 is 2.53 bits per heavy atom. The summed E-state index contributed by atoms with van der Waals surface area (Å²) in [4.78, 5) is 8.91. The van der Waals surface area contributed by atoms with E-state index in [4.69, 9.17) is 0 Å². The number of H-pyrrole nitrogens is 1. The molecule has 5 nitrogen and oxygen atoms in total. The molecule has 0 aliphatic carbocycles. The Hall–Kier alpha value is -1.18. The molecule has 19 heavy (non-hydrogen) atoms. The summed E-state index contributed by atoms with van der Waals surface area (Å²) in [5.74, 6) is 0.589. The fraction of sp³-hybridized carbons (Fsp3) is 0.417. The van der Waals surface area contributed by atoms with Gasteiger partial charge in [-0.15, -0.1) is 11.3 Å². The molecule has 0 amide bonds. The largest absolute Gasteiger partial charge is 0.332 e. The van der Waals surface area contributed by atoms with Crippen LogP contribution >= 0.6 is 11.3 Å². The maximum absolute atomic E-state index is 12.4. The van der Waals surface area contributed by atoms with E-state index < -0.39 is 10.0 Å². The van der Waals surface area contributed by atoms with Crippen LogP contribution in [0.15, 0.2) is 23.4 Å². The Morgan fingerprint density at radius 1 is 1.37 bits per heavy atom. The van der Waals surface area contributed by atoms with Gasteiger partial charge in [0.2, 0.25) is 0 Å². The Morgan fingerprint density at radius 2 is 2.05 bits per heavy atom. The van der Waals surface area contributed by atoms with E-state index in [1.807, 2.05) is 26.0 Å². The number of thiophene rings is 1. The minimum atomic E-state index is -3.53. The highest BCUT2D eigenvalue weighted by molar-refractivity contribution is 7.89. The van der Waals surface area contributed by atoms with E-state index in [9.17, 15) is 8.42 Å². The molecule has 0 bridgehead atoms. The maximum atomic E-state index is 12.4. The van der Waals surface area contributed by atoms with Crippen molar-refractivity contribution in [2.75, 3.05) is 7.05 Å². The van der Waals surface area contributed by atoms with Crippen LogP contribution in [0.1, 0.15) is 28.5 Å². The zero-order chi connectivity index (χ0) is 14.2. The van der Waals surface area contributed by atoms with E-state index >= 15 is 0 Å². The van der Waals surface area contributed by atoms with Gasteiger partial charge in [0.25, 0.3) is 10.0 Å². The molecule has 1 N–H and O–H groups in total. The van der Waals surface area contributed by atoms with Gasteiger partial charge in [-0.25, -0.2) is 13.4 Å². The van der Waals surface area contributed by atoms with E-state index in [0.29, 0.717) is 5.82 Å². The molecule has 2 heterocycles. The maximum Gasteiger partial charge on any atom is 0.260 e. The van der Waals surface area contributed by atoms with Gasteiger partial charge in [0, 0.05) is 16.8 Å². The van der Waals surface area contributed by atoms with Crippen molar-refractivity contribution in [2.45, 2.75) is 31.8 Å². The second kappa shape index (κ2) is 5.07. The lowest BCUT2D eigenvalue weighted by Crippen LogP contribution is -2.29. The first-order valence-electron chi connectivity index (χ1n) is 5.88. The van der Waals surface area contributed by atoms with Crippen molar-refractivity contribution in [1.29, 1.82) is 0 Å². The van der Waals surface area contributed by atoms with Gasteiger partial charge in [0.1, 0.15) is 5.82 Å². The van der Waals surface area contributed by atoms with E-state index in [0.717, 1.165) is 4.88 Å². The highest BCUT2D eigenvalue weighted by atomic mass is 32.2.